The van der Waals surface area contributed by atoms with E-state index in [4.69, 9.17) is 16.3 Å². The van der Waals surface area contributed by atoms with E-state index in [0.717, 1.165) is 5.56 Å². The first-order valence-corrected chi connectivity index (χ1v) is 10.9. The van der Waals surface area contributed by atoms with Crippen LogP contribution in [0.5, 0.6) is 5.75 Å². The first kappa shape index (κ1) is 20.6. The number of benzene rings is 2. The molecule has 1 fully saturated rings. The van der Waals surface area contributed by atoms with Gasteiger partial charge in [0.05, 0.1) is 4.90 Å². The second-order valence-corrected chi connectivity index (χ2v) is 9.13. The average molecular weight is 423 g/mol. The van der Waals surface area contributed by atoms with Crippen molar-refractivity contribution in [1.82, 2.24) is 9.21 Å². The molecule has 0 unspecified atom stereocenters. The normalized spacial score (nSPS) is 16.6. The van der Waals surface area contributed by atoms with Crippen LogP contribution in [0.1, 0.15) is 12.5 Å². The minimum absolute atomic E-state index is 0.174. The van der Waals surface area contributed by atoms with Crippen molar-refractivity contribution in [2.24, 2.45) is 0 Å². The zero-order valence-electron chi connectivity index (χ0n) is 15.8. The molecule has 0 bridgehead atoms. The number of carbonyl (C=O) groups excluding carboxylic acids is 1. The van der Waals surface area contributed by atoms with Crippen LogP contribution in [-0.2, 0) is 14.8 Å². The minimum atomic E-state index is -3.55. The number of sulfonamides is 1. The van der Waals surface area contributed by atoms with E-state index in [2.05, 4.69) is 0 Å². The highest BCUT2D eigenvalue weighted by molar-refractivity contribution is 7.89. The molecule has 0 saturated carbocycles. The molecule has 8 heteroatoms. The van der Waals surface area contributed by atoms with Gasteiger partial charge < -0.3 is 9.64 Å². The zero-order chi connectivity index (χ0) is 20.3. The summed E-state index contributed by atoms with van der Waals surface area (Å²) >= 11 is 5.94. The van der Waals surface area contributed by atoms with Crippen molar-refractivity contribution < 1.29 is 17.9 Å². The van der Waals surface area contributed by atoms with Crippen LogP contribution < -0.4 is 4.74 Å². The van der Waals surface area contributed by atoms with Gasteiger partial charge >= 0.3 is 0 Å². The summed E-state index contributed by atoms with van der Waals surface area (Å²) in [6.45, 7) is 4.75. The lowest BCUT2D eigenvalue weighted by Gasteiger charge is -2.35. The van der Waals surface area contributed by atoms with Crippen LogP contribution in [0.2, 0.25) is 5.02 Å². The Balaban J connectivity index is 1.59. The summed E-state index contributed by atoms with van der Waals surface area (Å²) in [7, 11) is -3.55. The second-order valence-electron chi connectivity index (χ2n) is 6.76. The van der Waals surface area contributed by atoms with Crippen molar-refractivity contribution in [3.05, 3.63) is 59.1 Å². The summed E-state index contributed by atoms with van der Waals surface area (Å²) in [4.78, 5) is 14.6. The number of nitrogens with zero attached hydrogens (tertiary/aromatic N) is 2. The Morgan fingerprint density at radius 2 is 1.71 bits per heavy atom. The van der Waals surface area contributed by atoms with Gasteiger partial charge in [0.15, 0.2) is 6.10 Å². The van der Waals surface area contributed by atoms with Gasteiger partial charge in [0.1, 0.15) is 5.75 Å². The maximum Gasteiger partial charge on any atom is 0.263 e. The zero-order valence-corrected chi connectivity index (χ0v) is 17.4. The van der Waals surface area contributed by atoms with Crippen LogP contribution in [0.25, 0.3) is 0 Å². The molecule has 1 atom stereocenters. The molecule has 0 spiro atoms. The lowest BCUT2D eigenvalue weighted by atomic mass is 10.2. The number of piperazine rings is 1. The molecule has 2 aromatic carbocycles. The number of rotatable bonds is 5. The van der Waals surface area contributed by atoms with E-state index in [0.29, 0.717) is 23.9 Å². The lowest BCUT2D eigenvalue weighted by molar-refractivity contribution is -0.139. The Bertz CT molecular complexity index is 939. The fraction of sp³-hybridized carbons (Fsp3) is 0.350. The molecule has 1 aliphatic rings. The fourth-order valence-corrected chi connectivity index (χ4v) is 4.66. The Labute approximate surface area is 170 Å². The molecule has 0 aliphatic carbocycles. The molecule has 150 valence electrons. The van der Waals surface area contributed by atoms with Crippen molar-refractivity contribution in [2.45, 2.75) is 24.8 Å². The number of halogens is 1. The van der Waals surface area contributed by atoms with E-state index in [1.165, 1.54) is 4.31 Å². The number of ether oxygens (including phenoxy) is 1. The molecule has 0 N–H and O–H groups in total. The summed E-state index contributed by atoms with van der Waals surface area (Å²) in [6, 6.07) is 13.7. The summed E-state index contributed by atoms with van der Waals surface area (Å²) in [5, 5.41) is 0.534. The molecule has 1 amide bonds. The van der Waals surface area contributed by atoms with Gasteiger partial charge in [-0.3, -0.25) is 4.79 Å². The van der Waals surface area contributed by atoms with E-state index < -0.39 is 16.1 Å². The van der Waals surface area contributed by atoms with Crippen molar-refractivity contribution >= 4 is 27.5 Å². The van der Waals surface area contributed by atoms with Crippen LogP contribution in [0.3, 0.4) is 0 Å². The van der Waals surface area contributed by atoms with Crippen molar-refractivity contribution in [2.75, 3.05) is 26.2 Å². The van der Waals surface area contributed by atoms with Gasteiger partial charge in [0.25, 0.3) is 5.91 Å². The third kappa shape index (κ3) is 4.66. The van der Waals surface area contributed by atoms with Gasteiger partial charge in [-0.15, -0.1) is 0 Å². The van der Waals surface area contributed by atoms with E-state index >= 15 is 0 Å². The highest BCUT2D eigenvalue weighted by atomic mass is 35.5. The van der Waals surface area contributed by atoms with Gasteiger partial charge in [-0.2, -0.15) is 4.31 Å². The van der Waals surface area contributed by atoms with Crippen molar-refractivity contribution in [3.63, 3.8) is 0 Å². The van der Waals surface area contributed by atoms with Crippen LogP contribution in [0.15, 0.2) is 53.4 Å². The van der Waals surface area contributed by atoms with E-state index in [1.54, 1.807) is 60.4 Å². The van der Waals surface area contributed by atoms with Gasteiger partial charge in [0.2, 0.25) is 10.0 Å². The summed E-state index contributed by atoms with van der Waals surface area (Å²) in [6.07, 6.45) is -0.682. The van der Waals surface area contributed by atoms with Gasteiger partial charge in [0, 0.05) is 31.2 Å². The number of carbonyl (C=O) groups is 1. The predicted molar refractivity (Wildman–Crippen MR) is 108 cm³/mol. The van der Waals surface area contributed by atoms with E-state index in [9.17, 15) is 13.2 Å². The number of aryl methyl sites for hydroxylation is 1. The van der Waals surface area contributed by atoms with Crippen LogP contribution >= 0.6 is 11.6 Å². The van der Waals surface area contributed by atoms with Gasteiger partial charge in [-0.05, 0) is 44.2 Å². The number of amides is 1. The van der Waals surface area contributed by atoms with Crippen LogP contribution in [0, 0.1) is 6.92 Å². The minimum Gasteiger partial charge on any atom is -0.481 e. The van der Waals surface area contributed by atoms with Crippen molar-refractivity contribution in [1.29, 1.82) is 0 Å². The average Bonchev–Trinajstić information content (AvgIpc) is 2.68. The Morgan fingerprint density at radius 3 is 2.32 bits per heavy atom. The largest absolute Gasteiger partial charge is 0.481 e. The van der Waals surface area contributed by atoms with Crippen LogP contribution in [0.4, 0.5) is 0 Å². The first-order valence-electron chi connectivity index (χ1n) is 9.05. The molecule has 0 radical (unpaired) electrons. The number of hydrogen-bond acceptors (Lipinski definition) is 4. The van der Waals surface area contributed by atoms with Crippen molar-refractivity contribution in [3.8, 4) is 5.75 Å². The monoisotopic (exact) mass is 422 g/mol. The molecule has 28 heavy (non-hydrogen) atoms. The summed E-state index contributed by atoms with van der Waals surface area (Å²) in [5.41, 5.74) is 1.00. The fourth-order valence-electron chi connectivity index (χ4n) is 3.06. The van der Waals surface area contributed by atoms with E-state index in [1.807, 2.05) is 6.92 Å². The van der Waals surface area contributed by atoms with Crippen LogP contribution in [-0.4, -0.2) is 55.8 Å². The smallest absolute Gasteiger partial charge is 0.263 e. The predicted octanol–water partition coefficient (Wildman–Crippen LogP) is 2.95. The topological polar surface area (TPSA) is 66.9 Å². The molecule has 1 heterocycles. The Hall–Kier alpha value is -2.09. The standard InChI is InChI=1S/C20H23ClN2O4S/c1-15-6-8-19(9-7-15)28(25,26)23-12-10-22(11-13-23)20(24)16(2)27-18-5-3-4-17(21)14-18/h3-9,14,16H,10-13H2,1-2H3/t16-/m0/s1. The quantitative estimate of drug-likeness (QED) is 0.743. The second kappa shape index (κ2) is 8.51. The third-order valence-corrected chi connectivity index (χ3v) is 6.81. The molecule has 6 nitrogen and oxygen atoms in total. The van der Waals surface area contributed by atoms with Gasteiger partial charge in [-0.25, -0.2) is 8.42 Å². The lowest BCUT2D eigenvalue weighted by Crippen LogP contribution is -2.53. The SMILES string of the molecule is Cc1ccc(S(=O)(=O)N2CCN(C(=O)[C@H](C)Oc3cccc(Cl)c3)CC2)cc1. The molecule has 1 saturated heterocycles. The molecule has 1 aliphatic heterocycles. The Kier molecular flexibility index (Phi) is 6.27. The van der Waals surface area contributed by atoms with Gasteiger partial charge in [-0.1, -0.05) is 35.4 Å². The molecule has 0 aromatic heterocycles. The maximum absolute atomic E-state index is 12.8. The summed E-state index contributed by atoms with van der Waals surface area (Å²) in [5.74, 6) is 0.348. The highest BCUT2D eigenvalue weighted by Crippen LogP contribution is 2.21. The van der Waals surface area contributed by atoms with E-state index in [-0.39, 0.29) is 23.9 Å². The summed E-state index contributed by atoms with van der Waals surface area (Å²) < 4.78 is 32.6. The molecule has 3 rings (SSSR count). The maximum atomic E-state index is 12.8. The molecular weight excluding hydrogens is 400 g/mol. The highest BCUT2D eigenvalue weighted by Gasteiger charge is 2.32. The molecule has 2 aromatic rings. The first-order chi connectivity index (χ1) is 13.3. The third-order valence-electron chi connectivity index (χ3n) is 4.67. The Morgan fingerprint density at radius 1 is 1.07 bits per heavy atom. The molecular formula is C20H23ClN2O4S. The number of hydrogen-bond donors (Lipinski definition) is 0.